The first-order valence-electron chi connectivity index (χ1n) is 7.64. The maximum absolute atomic E-state index is 12.2. The smallest absolute Gasteiger partial charge is 0.337 e. The molecule has 2 N–H and O–H groups in total. The Morgan fingerprint density at radius 1 is 1.13 bits per heavy atom. The van der Waals surface area contributed by atoms with Crippen molar-refractivity contribution in [1.29, 1.82) is 0 Å². The highest BCUT2D eigenvalue weighted by atomic mass is 16.5. The van der Waals surface area contributed by atoms with Gasteiger partial charge in [0.15, 0.2) is 0 Å². The number of esters is 1. The molecule has 1 amide bonds. The lowest BCUT2D eigenvalue weighted by molar-refractivity contribution is -0.140. The number of hydrogen-bond acceptors (Lipinski definition) is 4. The standard InChI is InChI=1S/C17H21NO5/c1-23-16(22)12-4-6-13(7-5-12)18-14(19)10-17(11-15(20)21)8-2-3-9-17/h4-7H,2-3,8-11H2,1H3,(H,18,19)(H,20,21). The summed E-state index contributed by atoms with van der Waals surface area (Å²) in [6, 6.07) is 6.40. The average Bonchev–Trinajstić information content (AvgIpc) is 2.94. The van der Waals surface area contributed by atoms with Gasteiger partial charge in [-0.2, -0.15) is 0 Å². The van der Waals surface area contributed by atoms with Crippen LogP contribution in [0.2, 0.25) is 0 Å². The molecule has 1 aliphatic carbocycles. The Kier molecular flexibility index (Phi) is 5.36. The lowest BCUT2D eigenvalue weighted by Crippen LogP contribution is -2.27. The van der Waals surface area contributed by atoms with Crippen LogP contribution in [-0.4, -0.2) is 30.1 Å². The van der Waals surface area contributed by atoms with Crippen LogP contribution >= 0.6 is 0 Å². The zero-order valence-corrected chi connectivity index (χ0v) is 13.1. The van der Waals surface area contributed by atoms with Gasteiger partial charge in [-0.1, -0.05) is 12.8 Å². The number of carbonyl (C=O) groups is 3. The molecule has 0 spiro atoms. The molecule has 0 bridgehead atoms. The Balaban J connectivity index is 1.98. The van der Waals surface area contributed by atoms with E-state index in [2.05, 4.69) is 10.1 Å². The average molecular weight is 319 g/mol. The van der Waals surface area contributed by atoms with Crippen molar-refractivity contribution in [3.8, 4) is 0 Å². The van der Waals surface area contributed by atoms with Gasteiger partial charge < -0.3 is 15.2 Å². The number of rotatable bonds is 6. The minimum absolute atomic E-state index is 0.0295. The molecule has 0 atom stereocenters. The molecule has 23 heavy (non-hydrogen) atoms. The number of anilines is 1. The van der Waals surface area contributed by atoms with Gasteiger partial charge in [-0.25, -0.2) is 4.79 Å². The number of amides is 1. The highest BCUT2D eigenvalue weighted by molar-refractivity contribution is 5.93. The van der Waals surface area contributed by atoms with Crippen LogP contribution < -0.4 is 5.32 Å². The van der Waals surface area contributed by atoms with Gasteiger partial charge in [-0.15, -0.1) is 0 Å². The van der Waals surface area contributed by atoms with Gasteiger partial charge in [0.1, 0.15) is 0 Å². The number of aliphatic carboxylic acids is 1. The van der Waals surface area contributed by atoms with Crippen LogP contribution in [0.15, 0.2) is 24.3 Å². The van der Waals surface area contributed by atoms with Crippen molar-refractivity contribution in [3.05, 3.63) is 29.8 Å². The summed E-state index contributed by atoms with van der Waals surface area (Å²) < 4.78 is 4.61. The van der Waals surface area contributed by atoms with Crippen molar-refractivity contribution in [2.24, 2.45) is 5.41 Å². The van der Waals surface area contributed by atoms with Crippen LogP contribution in [0.3, 0.4) is 0 Å². The zero-order valence-electron chi connectivity index (χ0n) is 13.1. The van der Waals surface area contributed by atoms with Crippen LogP contribution in [0.1, 0.15) is 48.9 Å². The SMILES string of the molecule is COC(=O)c1ccc(NC(=O)CC2(CC(=O)O)CCCC2)cc1. The third-order valence-electron chi connectivity index (χ3n) is 4.32. The molecular formula is C17H21NO5. The fourth-order valence-corrected chi connectivity index (χ4v) is 3.22. The topological polar surface area (TPSA) is 92.7 Å². The Hall–Kier alpha value is -2.37. The maximum Gasteiger partial charge on any atom is 0.337 e. The van der Waals surface area contributed by atoms with Crippen LogP contribution in [0.25, 0.3) is 0 Å². The summed E-state index contributed by atoms with van der Waals surface area (Å²) >= 11 is 0. The molecule has 0 aliphatic heterocycles. The quantitative estimate of drug-likeness (QED) is 0.787. The van der Waals surface area contributed by atoms with E-state index in [0.29, 0.717) is 11.3 Å². The van der Waals surface area contributed by atoms with Crippen molar-refractivity contribution < 1.29 is 24.2 Å². The van der Waals surface area contributed by atoms with Crippen LogP contribution in [0, 0.1) is 5.41 Å². The van der Waals surface area contributed by atoms with Gasteiger partial charge in [-0.3, -0.25) is 9.59 Å². The Labute approximate surface area is 134 Å². The Morgan fingerprint density at radius 3 is 2.26 bits per heavy atom. The fourth-order valence-electron chi connectivity index (χ4n) is 3.22. The first kappa shape index (κ1) is 17.0. The predicted octanol–water partition coefficient (Wildman–Crippen LogP) is 2.84. The van der Waals surface area contributed by atoms with Gasteiger partial charge in [0.25, 0.3) is 0 Å². The largest absolute Gasteiger partial charge is 0.481 e. The van der Waals surface area contributed by atoms with Gasteiger partial charge in [-0.05, 0) is 42.5 Å². The molecule has 0 unspecified atom stereocenters. The lowest BCUT2D eigenvalue weighted by Gasteiger charge is -2.26. The van der Waals surface area contributed by atoms with Crippen molar-refractivity contribution in [3.63, 3.8) is 0 Å². The van der Waals surface area contributed by atoms with E-state index in [4.69, 9.17) is 5.11 Å². The maximum atomic E-state index is 12.2. The molecule has 124 valence electrons. The van der Waals surface area contributed by atoms with E-state index in [-0.39, 0.29) is 18.7 Å². The van der Waals surface area contributed by atoms with E-state index in [0.717, 1.165) is 25.7 Å². The molecule has 1 aromatic carbocycles. The molecule has 1 aromatic rings. The van der Waals surface area contributed by atoms with E-state index < -0.39 is 17.4 Å². The van der Waals surface area contributed by atoms with Crippen LogP contribution in [0.5, 0.6) is 0 Å². The summed E-state index contributed by atoms with van der Waals surface area (Å²) in [4.78, 5) is 34.6. The monoisotopic (exact) mass is 319 g/mol. The summed E-state index contributed by atoms with van der Waals surface area (Å²) in [6.07, 6.45) is 3.71. The summed E-state index contributed by atoms with van der Waals surface area (Å²) in [6.45, 7) is 0. The summed E-state index contributed by atoms with van der Waals surface area (Å²) in [7, 11) is 1.31. The van der Waals surface area contributed by atoms with Crippen LogP contribution in [-0.2, 0) is 14.3 Å². The minimum atomic E-state index is -0.859. The summed E-state index contributed by atoms with van der Waals surface area (Å²) in [5.74, 6) is -1.49. The van der Waals surface area contributed by atoms with E-state index >= 15 is 0 Å². The summed E-state index contributed by atoms with van der Waals surface area (Å²) in [5.41, 5.74) is 0.553. The number of carbonyl (C=O) groups excluding carboxylic acids is 2. The highest BCUT2D eigenvalue weighted by Gasteiger charge is 2.37. The number of benzene rings is 1. The van der Waals surface area contributed by atoms with Crippen LogP contribution in [0.4, 0.5) is 5.69 Å². The van der Waals surface area contributed by atoms with Crippen molar-refractivity contribution >= 4 is 23.5 Å². The molecule has 1 fully saturated rings. The number of nitrogens with one attached hydrogen (secondary N) is 1. The molecule has 6 nitrogen and oxygen atoms in total. The first-order chi connectivity index (χ1) is 10.9. The summed E-state index contributed by atoms with van der Waals surface area (Å²) in [5, 5.41) is 11.8. The third kappa shape index (κ3) is 4.55. The van der Waals surface area contributed by atoms with E-state index in [9.17, 15) is 14.4 Å². The van der Waals surface area contributed by atoms with Crippen molar-refractivity contribution in [2.45, 2.75) is 38.5 Å². The number of carboxylic acids is 1. The second-order valence-corrected chi connectivity index (χ2v) is 6.07. The number of hydrogen-bond donors (Lipinski definition) is 2. The third-order valence-corrected chi connectivity index (χ3v) is 4.32. The van der Waals surface area contributed by atoms with Gasteiger partial charge in [0.05, 0.1) is 19.1 Å². The molecule has 0 radical (unpaired) electrons. The number of methoxy groups -OCH3 is 1. The van der Waals surface area contributed by atoms with Gasteiger partial charge in [0, 0.05) is 12.1 Å². The second kappa shape index (κ2) is 7.26. The molecule has 1 aliphatic rings. The Morgan fingerprint density at radius 2 is 1.74 bits per heavy atom. The number of ether oxygens (including phenoxy) is 1. The van der Waals surface area contributed by atoms with Gasteiger partial charge in [0.2, 0.25) is 5.91 Å². The zero-order chi connectivity index (χ0) is 16.9. The normalized spacial score (nSPS) is 15.9. The molecule has 0 saturated heterocycles. The molecular weight excluding hydrogens is 298 g/mol. The molecule has 1 saturated carbocycles. The molecule has 0 heterocycles. The van der Waals surface area contributed by atoms with E-state index in [1.165, 1.54) is 7.11 Å². The first-order valence-corrected chi connectivity index (χ1v) is 7.64. The fraction of sp³-hybridized carbons (Fsp3) is 0.471. The molecule has 2 rings (SSSR count). The van der Waals surface area contributed by atoms with Crippen molar-refractivity contribution in [1.82, 2.24) is 0 Å². The minimum Gasteiger partial charge on any atom is -0.481 e. The predicted molar refractivity (Wildman–Crippen MR) is 84.2 cm³/mol. The van der Waals surface area contributed by atoms with Crippen molar-refractivity contribution in [2.75, 3.05) is 12.4 Å². The second-order valence-electron chi connectivity index (χ2n) is 6.07. The lowest BCUT2D eigenvalue weighted by atomic mass is 9.79. The Bertz CT molecular complexity index is 588. The highest BCUT2D eigenvalue weighted by Crippen LogP contribution is 2.44. The van der Waals surface area contributed by atoms with Gasteiger partial charge >= 0.3 is 11.9 Å². The molecule has 0 aromatic heterocycles. The number of carboxylic acid groups (broad SMARTS) is 1. The molecule has 6 heteroatoms. The van der Waals surface area contributed by atoms with E-state index in [1.54, 1.807) is 24.3 Å². The van der Waals surface area contributed by atoms with E-state index in [1.807, 2.05) is 0 Å².